The Balaban J connectivity index is 2.12. The third-order valence-electron chi connectivity index (χ3n) is 2.73. The molecule has 2 aromatic rings. The highest BCUT2D eigenvalue weighted by Crippen LogP contribution is 2.15. The second-order valence-corrected chi connectivity index (χ2v) is 7.10. The fourth-order valence-corrected chi connectivity index (χ4v) is 3.94. The summed E-state index contributed by atoms with van der Waals surface area (Å²) in [5.74, 6) is 0. The largest absolute Gasteiger partial charge is 0.389 e. The van der Waals surface area contributed by atoms with Crippen LogP contribution < -0.4 is 10.5 Å². The fraction of sp³-hybridized carbons (Fsp3) is 0.154. The van der Waals surface area contributed by atoms with Crippen LogP contribution in [0.1, 0.15) is 11.1 Å². The lowest BCUT2D eigenvalue weighted by Gasteiger charge is -2.10. The maximum absolute atomic E-state index is 12.3. The van der Waals surface area contributed by atoms with Gasteiger partial charge in [-0.25, -0.2) is 13.1 Å². The van der Waals surface area contributed by atoms with E-state index in [9.17, 15) is 8.42 Å². The second-order valence-electron chi connectivity index (χ2n) is 4.14. The van der Waals surface area contributed by atoms with Gasteiger partial charge in [0.2, 0.25) is 10.0 Å². The highest BCUT2D eigenvalue weighted by atomic mass is 32.2. The summed E-state index contributed by atoms with van der Waals surface area (Å²) in [5.41, 5.74) is 7.04. The zero-order valence-corrected chi connectivity index (χ0v) is 13.0. The smallest absolute Gasteiger partial charge is 0.241 e. The van der Waals surface area contributed by atoms with E-state index < -0.39 is 10.0 Å². The van der Waals surface area contributed by atoms with Crippen LogP contribution in [0.15, 0.2) is 46.0 Å². The van der Waals surface area contributed by atoms with Crippen molar-refractivity contribution >= 4 is 38.6 Å². The van der Waals surface area contributed by atoms with Crippen LogP contribution in [0.25, 0.3) is 0 Å². The number of hydrogen-bond acceptors (Lipinski definition) is 4. The molecule has 20 heavy (non-hydrogen) atoms. The van der Waals surface area contributed by atoms with Crippen molar-refractivity contribution in [3.63, 3.8) is 0 Å². The maximum Gasteiger partial charge on any atom is 0.241 e. The first-order valence-corrected chi connectivity index (χ1v) is 8.74. The summed E-state index contributed by atoms with van der Waals surface area (Å²) in [6.45, 7) is 0.338. The van der Waals surface area contributed by atoms with Gasteiger partial charge in [-0.05, 0) is 34.9 Å². The van der Waals surface area contributed by atoms with Crippen LogP contribution in [0, 0.1) is 0 Å². The summed E-state index contributed by atoms with van der Waals surface area (Å²) >= 11 is 6.47. The van der Waals surface area contributed by atoms with Gasteiger partial charge in [0.05, 0.1) is 4.90 Å². The van der Waals surface area contributed by atoms with Crippen molar-refractivity contribution in [1.82, 2.24) is 4.72 Å². The number of hydrogen-bond donors (Lipinski definition) is 2. The van der Waals surface area contributed by atoms with Gasteiger partial charge in [-0.3, -0.25) is 0 Å². The second kappa shape index (κ2) is 6.45. The molecule has 1 aromatic heterocycles. The van der Waals surface area contributed by atoms with E-state index in [1.807, 2.05) is 16.8 Å². The van der Waals surface area contributed by atoms with Crippen LogP contribution in [-0.2, 0) is 16.4 Å². The topological polar surface area (TPSA) is 72.2 Å². The molecule has 1 heterocycles. The molecule has 0 amide bonds. The van der Waals surface area contributed by atoms with Crippen LogP contribution in [0.2, 0.25) is 0 Å². The van der Waals surface area contributed by atoms with Gasteiger partial charge in [0.1, 0.15) is 4.99 Å². The van der Waals surface area contributed by atoms with Crippen LogP contribution in [0.4, 0.5) is 0 Å². The normalized spacial score (nSPS) is 11.4. The van der Waals surface area contributed by atoms with Crippen molar-refractivity contribution < 1.29 is 8.42 Å². The van der Waals surface area contributed by atoms with E-state index >= 15 is 0 Å². The van der Waals surface area contributed by atoms with Gasteiger partial charge in [0.25, 0.3) is 0 Å². The molecular formula is C13H14N2O2S3. The zero-order valence-electron chi connectivity index (χ0n) is 10.6. The standard InChI is InChI=1S/C13H14N2O2S3/c14-13(18)11-3-1-2-4-12(11)20(16,17)15-7-5-10-6-8-19-9-10/h1-4,6,8-9,15H,5,7H2,(H2,14,18). The Hall–Kier alpha value is -1.28. The number of rotatable bonds is 6. The molecule has 0 fully saturated rings. The molecule has 2 rings (SSSR count). The summed E-state index contributed by atoms with van der Waals surface area (Å²) in [7, 11) is -3.60. The van der Waals surface area contributed by atoms with Gasteiger partial charge >= 0.3 is 0 Å². The maximum atomic E-state index is 12.3. The molecule has 0 unspecified atom stereocenters. The van der Waals surface area contributed by atoms with Gasteiger partial charge in [-0.1, -0.05) is 30.4 Å². The van der Waals surface area contributed by atoms with Crippen molar-refractivity contribution in [2.24, 2.45) is 5.73 Å². The van der Waals surface area contributed by atoms with Crippen LogP contribution >= 0.6 is 23.6 Å². The Morgan fingerprint density at radius 3 is 2.70 bits per heavy atom. The average molecular weight is 326 g/mol. The first-order chi connectivity index (χ1) is 9.50. The molecule has 0 bridgehead atoms. The summed E-state index contributed by atoms with van der Waals surface area (Å²) in [4.78, 5) is 0.196. The van der Waals surface area contributed by atoms with E-state index in [-0.39, 0.29) is 9.88 Å². The van der Waals surface area contributed by atoms with Gasteiger partial charge in [0.15, 0.2) is 0 Å². The summed E-state index contributed by atoms with van der Waals surface area (Å²) in [5, 5.41) is 3.96. The number of sulfonamides is 1. The third kappa shape index (κ3) is 3.63. The lowest BCUT2D eigenvalue weighted by molar-refractivity contribution is 0.581. The zero-order chi connectivity index (χ0) is 14.6. The van der Waals surface area contributed by atoms with E-state index in [0.29, 0.717) is 18.5 Å². The molecule has 0 aliphatic heterocycles. The summed E-state index contributed by atoms with van der Waals surface area (Å²) in [6, 6.07) is 8.44. The van der Waals surface area contributed by atoms with Crippen LogP contribution in [0.5, 0.6) is 0 Å². The van der Waals surface area contributed by atoms with Gasteiger partial charge < -0.3 is 5.73 Å². The number of nitrogens with one attached hydrogen (secondary N) is 1. The molecule has 0 saturated heterocycles. The molecule has 106 valence electrons. The molecule has 1 aromatic carbocycles. The lowest BCUT2D eigenvalue weighted by atomic mass is 10.2. The minimum atomic E-state index is -3.60. The SMILES string of the molecule is NC(=S)c1ccccc1S(=O)(=O)NCCc1ccsc1. The predicted molar refractivity (Wildman–Crippen MR) is 85.5 cm³/mol. The Morgan fingerprint density at radius 2 is 2.05 bits per heavy atom. The van der Waals surface area contributed by atoms with E-state index in [0.717, 1.165) is 5.56 Å². The summed E-state index contributed by atoms with van der Waals surface area (Å²) in [6.07, 6.45) is 0.651. The molecule has 0 aliphatic carbocycles. The van der Waals surface area contributed by atoms with Crippen molar-refractivity contribution in [2.45, 2.75) is 11.3 Å². The Bertz CT molecular complexity index is 694. The number of benzene rings is 1. The van der Waals surface area contributed by atoms with Crippen molar-refractivity contribution in [3.05, 3.63) is 52.2 Å². The molecule has 0 spiro atoms. The van der Waals surface area contributed by atoms with Crippen LogP contribution in [0.3, 0.4) is 0 Å². The van der Waals surface area contributed by atoms with Crippen molar-refractivity contribution in [3.8, 4) is 0 Å². The number of thiocarbonyl (C=S) groups is 1. The number of nitrogens with two attached hydrogens (primary N) is 1. The predicted octanol–water partition coefficient (Wildman–Crippen LogP) is 1.90. The Labute approximate surface area is 127 Å². The highest BCUT2D eigenvalue weighted by Gasteiger charge is 2.18. The van der Waals surface area contributed by atoms with Gasteiger partial charge in [-0.2, -0.15) is 11.3 Å². The lowest BCUT2D eigenvalue weighted by Crippen LogP contribution is -2.28. The van der Waals surface area contributed by atoms with Gasteiger partial charge in [0, 0.05) is 12.1 Å². The van der Waals surface area contributed by atoms with E-state index in [4.69, 9.17) is 18.0 Å². The van der Waals surface area contributed by atoms with Crippen molar-refractivity contribution in [1.29, 1.82) is 0 Å². The average Bonchev–Trinajstić information content (AvgIpc) is 2.91. The third-order valence-corrected chi connectivity index (χ3v) is 5.20. The molecule has 7 heteroatoms. The summed E-state index contributed by atoms with van der Waals surface area (Å²) < 4.78 is 27.1. The van der Waals surface area contributed by atoms with E-state index in [1.54, 1.807) is 29.5 Å². The van der Waals surface area contributed by atoms with Gasteiger partial charge in [-0.15, -0.1) is 0 Å². The molecule has 4 nitrogen and oxygen atoms in total. The first kappa shape index (κ1) is 15.1. The van der Waals surface area contributed by atoms with Crippen molar-refractivity contribution in [2.75, 3.05) is 6.54 Å². The molecule has 0 saturated carbocycles. The Morgan fingerprint density at radius 1 is 1.30 bits per heavy atom. The highest BCUT2D eigenvalue weighted by molar-refractivity contribution is 7.89. The molecule has 0 radical (unpaired) electrons. The minimum absolute atomic E-state index is 0.0730. The molecular weight excluding hydrogens is 312 g/mol. The quantitative estimate of drug-likeness (QED) is 0.795. The molecule has 3 N–H and O–H groups in total. The molecule has 0 aliphatic rings. The number of thiophene rings is 1. The molecule has 0 atom stereocenters. The first-order valence-electron chi connectivity index (χ1n) is 5.90. The van der Waals surface area contributed by atoms with Crippen LogP contribution in [-0.4, -0.2) is 20.0 Å². The van der Waals surface area contributed by atoms with E-state index in [1.165, 1.54) is 6.07 Å². The Kier molecular flexibility index (Phi) is 4.87. The monoisotopic (exact) mass is 326 g/mol. The van der Waals surface area contributed by atoms with E-state index in [2.05, 4.69) is 4.72 Å². The fourth-order valence-electron chi connectivity index (χ4n) is 1.75. The minimum Gasteiger partial charge on any atom is -0.389 e.